The Hall–Kier alpha value is -2.17. The third-order valence-electron chi connectivity index (χ3n) is 3.82. The maximum atomic E-state index is 11.0. The summed E-state index contributed by atoms with van der Waals surface area (Å²) < 4.78 is 5.29. The summed E-state index contributed by atoms with van der Waals surface area (Å²) in [5.74, 6) is 0.332. The van der Waals surface area contributed by atoms with Gasteiger partial charge in [-0.1, -0.05) is 35.5 Å². The molecule has 1 N–H and O–H groups in total. The summed E-state index contributed by atoms with van der Waals surface area (Å²) in [6, 6.07) is 9.96. The minimum atomic E-state index is -0.725. The van der Waals surface area contributed by atoms with E-state index in [9.17, 15) is 4.79 Å². The Morgan fingerprint density at radius 1 is 1.30 bits per heavy atom. The molecule has 104 valence electrons. The van der Waals surface area contributed by atoms with E-state index in [0.717, 1.165) is 12.0 Å². The third-order valence-corrected chi connectivity index (χ3v) is 3.82. The standard InChI is InChI=1S/C15H16N2O3/c18-15(19)12-7-6-11(9-12)14-16-13(17-20-14)8-10-4-2-1-3-5-10/h1-5,11-12H,6-9H2,(H,18,19). The molecule has 0 amide bonds. The number of benzene rings is 1. The number of hydrogen-bond acceptors (Lipinski definition) is 4. The van der Waals surface area contributed by atoms with Crippen molar-refractivity contribution in [3.63, 3.8) is 0 Å². The Morgan fingerprint density at radius 2 is 2.10 bits per heavy atom. The highest BCUT2D eigenvalue weighted by Crippen LogP contribution is 2.37. The van der Waals surface area contributed by atoms with Gasteiger partial charge in [-0.3, -0.25) is 4.79 Å². The Kier molecular flexibility index (Phi) is 3.50. The Bertz CT molecular complexity index is 594. The fraction of sp³-hybridized carbons (Fsp3) is 0.400. The zero-order chi connectivity index (χ0) is 13.9. The van der Waals surface area contributed by atoms with Crippen LogP contribution in [-0.4, -0.2) is 21.2 Å². The molecule has 0 saturated heterocycles. The molecule has 0 aliphatic heterocycles. The number of nitrogens with zero attached hydrogens (tertiary/aromatic N) is 2. The second-order valence-electron chi connectivity index (χ2n) is 5.26. The van der Waals surface area contributed by atoms with E-state index in [1.807, 2.05) is 30.3 Å². The summed E-state index contributed by atoms with van der Waals surface area (Å²) in [6.45, 7) is 0. The summed E-state index contributed by atoms with van der Waals surface area (Å²) in [5, 5.41) is 13.0. The highest BCUT2D eigenvalue weighted by Gasteiger charge is 2.33. The molecule has 1 heterocycles. The Labute approximate surface area is 116 Å². The molecular weight excluding hydrogens is 256 g/mol. The van der Waals surface area contributed by atoms with E-state index in [2.05, 4.69) is 10.1 Å². The molecule has 2 unspecified atom stereocenters. The first-order valence-electron chi connectivity index (χ1n) is 6.81. The van der Waals surface area contributed by atoms with Gasteiger partial charge >= 0.3 is 5.97 Å². The molecule has 1 aliphatic rings. The van der Waals surface area contributed by atoms with Gasteiger partial charge in [0.1, 0.15) is 0 Å². The highest BCUT2D eigenvalue weighted by atomic mass is 16.5. The second kappa shape index (κ2) is 5.45. The lowest BCUT2D eigenvalue weighted by molar-refractivity contribution is -0.141. The van der Waals surface area contributed by atoms with Crippen molar-refractivity contribution in [2.75, 3.05) is 0 Å². The molecule has 1 aromatic carbocycles. The van der Waals surface area contributed by atoms with Gasteiger partial charge in [-0.05, 0) is 24.8 Å². The van der Waals surface area contributed by atoms with Crippen molar-refractivity contribution < 1.29 is 14.4 Å². The second-order valence-corrected chi connectivity index (χ2v) is 5.26. The zero-order valence-electron chi connectivity index (χ0n) is 11.0. The number of hydrogen-bond donors (Lipinski definition) is 1. The molecule has 5 nitrogen and oxygen atoms in total. The van der Waals surface area contributed by atoms with Crippen molar-refractivity contribution >= 4 is 5.97 Å². The Balaban J connectivity index is 1.67. The Morgan fingerprint density at radius 3 is 2.80 bits per heavy atom. The molecule has 3 rings (SSSR count). The van der Waals surface area contributed by atoms with Crippen molar-refractivity contribution in [2.45, 2.75) is 31.6 Å². The molecule has 1 saturated carbocycles. The first-order chi connectivity index (χ1) is 9.72. The van der Waals surface area contributed by atoms with Crippen LogP contribution in [0.5, 0.6) is 0 Å². The van der Waals surface area contributed by atoms with Crippen LogP contribution in [0.25, 0.3) is 0 Å². The number of carboxylic acids is 1. The average molecular weight is 272 g/mol. The number of aromatic nitrogens is 2. The smallest absolute Gasteiger partial charge is 0.306 e. The highest BCUT2D eigenvalue weighted by molar-refractivity contribution is 5.70. The molecule has 20 heavy (non-hydrogen) atoms. The quantitative estimate of drug-likeness (QED) is 0.925. The predicted molar refractivity (Wildman–Crippen MR) is 71.3 cm³/mol. The summed E-state index contributed by atoms with van der Waals surface area (Å²) >= 11 is 0. The van der Waals surface area contributed by atoms with E-state index < -0.39 is 5.97 Å². The molecule has 2 aromatic rings. The molecular formula is C15H16N2O3. The molecule has 0 bridgehead atoms. The minimum Gasteiger partial charge on any atom is -0.481 e. The van der Waals surface area contributed by atoms with E-state index in [4.69, 9.17) is 9.63 Å². The zero-order valence-corrected chi connectivity index (χ0v) is 11.0. The van der Waals surface area contributed by atoms with Gasteiger partial charge in [0.15, 0.2) is 5.82 Å². The van der Waals surface area contributed by atoms with E-state index in [1.165, 1.54) is 0 Å². The summed E-state index contributed by atoms with van der Waals surface area (Å²) in [6.07, 6.45) is 2.74. The number of aliphatic carboxylic acids is 1. The SMILES string of the molecule is O=C(O)C1CCC(c2nc(Cc3ccccc3)no2)C1. The van der Waals surface area contributed by atoms with Crippen LogP contribution in [0.3, 0.4) is 0 Å². The molecule has 1 aliphatic carbocycles. The van der Waals surface area contributed by atoms with Crippen LogP contribution in [0.15, 0.2) is 34.9 Å². The topological polar surface area (TPSA) is 76.2 Å². The lowest BCUT2D eigenvalue weighted by Gasteiger charge is -2.02. The molecule has 1 fully saturated rings. The minimum absolute atomic E-state index is 0.0909. The van der Waals surface area contributed by atoms with E-state index in [0.29, 0.717) is 31.0 Å². The molecule has 0 spiro atoms. The summed E-state index contributed by atoms with van der Waals surface area (Å²) in [5.41, 5.74) is 1.13. The maximum absolute atomic E-state index is 11.0. The van der Waals surface area contributed by atoms with Gasteiger partial charge < -0.3 is 9.63 Å². The maximum Gasteiger partial charge on any atom is 0.306 e. The van der Waals surface area contributed by atoms with Crippen LogP contribution in [0.4, 0.5) is 0 Å². The normalized spacial score (nSPS) is 22.0. The van der Waals surface area contributed by atoms with Crippen LogP contribution in [0.1, 0.15) is 42.5 Å². The van der Waals surface area contributed by atoms with Crippen molar-refractivity contribution in [3.8, 4) is 0 Å². The number of carbonyl (C=O) groups is 1. The fourth-order valence-corrected chi connectivity index (χ4v) is 2.71. The van der Waals surface area contributed by atoms with E-state index in [1.54, 1.807) is 0 Å². The monoisotopic (exact) mass is 272 g/mol. The molecule has 1 aromatic heterocycles. The average Bonchev–Trinajstić information content (AvgIpc) is 3.08. The van der Waals surface area contributed by atoms with Crippen molar-refractivity contribution in [1.82, 2.24) is 10.1 Å². The van der Waals surface area contributed by atoms with Crippen LogP contribution in [0.2, 0.25) is 0 Å². The number of carboxylic acid groups (broad SMARTS) is 1. The van der Waals surface area contributed by atoms with Crippen LogP contribution in [-0.2, 0) is 11.2 Å². The van der Waals surface area contributed by atoms with Gasteiger partial charge in [0.05, 0.1) is 5.92 Å². The fourth-order valence-electron chi connectivity index (χ4n) is 2.71. The van der Waals surface area contributed by atoms with Crippen molar-refractivity contribution in [3.05, 3.63) is 47.6 Å². The van der Waals surface area contributed by atoms with Crippen molar-refractivity contribution in [2.24, 2.45) is 5.92 Å². The summed E-state index contributed by atoms with van der Waals surface area (Å²) in [4.78, 5) is 15.4. The first kappa shape index (κ1) is 12.8. The molecule has 5 heteroatoms. The van der Waals surface area contributed by atoms with Gasteiger partial charge in [0, 0.05) is 12.3 Å². The van der Waals surface area contributed by atoms with Crippen LogP contribution < -0.4 is 0 Å². The number of rotatable bonds is 4. The van der Waals surface area contributed by atoms with E-state index in [-0.39, 0.29) is 11.8 Å². The van der Waals surface area contributed by atoms with Crippen LogP contribution in [0, 0.1) is 5.92 Å². The van der Waals surface area contributed by atoms with Gasteiger partial charge in [0.25, 0.3) is 0 Å². The molecule has 0 radical (unpaired) electrons. The van der Waals surface area contributed by atoms with Gasteiger partial charge in [-0.25, -0.2) is 0 Å². The van der Waals surface area contributed by atoms with E-state index >= 15 is 0 Å². The van der Waals surface area contributed by atoms with Gasteiger partial charge in [0.2, 0.25) is 5.89 Å². The lowest BCUT2D eigenvalue weighted by Crippen LogP contribution is -2.09. The van der Waals surface area contributed by atoms with Crippen molar-refractivity contribution in [1.29, 1.82) is 0 Å². The largest absolute Gasteiger partial charge is 0.481 e. The van der Waals surface area contributed by atoms with Crippen LogP contribution >= 0.6 is 0 Å². The third kappa shape index (κ3) is 2.71. The van der Waals surface area contributed by atoms with Gasteiger partial charge in [-0.15, -0.1) is 0 Å². The lowest BCUT2D eigenvalue weighted by atomic mass is 10.1. The molecule has 2 atom stereocenters. The predicted octanol–water partition coefficient (Wildman–Crippen LogP) is 2.63. The van der Waals surface area contributed by atoms with Gasteiger partial charge in [-0.2, -0.15) is 4.98 Å². The first-order valence-corrected chi connectivity index (χ1v) is 6.81. The summed E-state index contributed by atoms with van der Waals surface area (Å²) in [7, 11) is 0.